The van der Waals surface area contributed by atoms with Crippen molar-refractivity contribution in [3.05, 3.63) is 259 Å². The number of rotatable bonds is 11. The lowest BCUT2D eigenvalue weighted by Crippen LogP contribution is -1.94. The molecule has 62 heavy (non-hydrogen) atoms. The minimum atomic E-state index is 0.756. The largest absolute Gasteiger partial charge is 0.115 e. The Hall–Kier alpha value is -7.98. The molecule has 0 bridgehead atoms. The van der Waals surface area contributed by atoms with Gasteiger partial charge in [0.15, 0.2) is 0 Å². The van der Waals surface area contributed by atoms with Crippen molar-refractivity contribution in [1.82, 2.24) is 0 Å². The highest BCUT2D eigenvalue weighted by Crippen LogP contribution is 2.36. The highest BCUT2D eigenvalue weighted by molar-refractivity contribution is 5.82. The average Bonchev–Trinajstić information content (AvgIpc) is 3.35. The molecule has 0 aliphatic carbocycles. The van der Waals surface area contributed by atoms with Gasteiger partial charge in [0.2, 0.25) is 0 Å². The Morgan fingerprint density at radius 1 is 0.355 bits per heavy atom. The lowest BCUT2D eigenvalue weighted by molar-refractivity contribution is 1.20. The summed E-state index contributed by atoms with van der Waals surface area (Å²) in [5.41, 5.74) is 21.5. The molecule has 0 aliphatic heterocycles. The lowest BCUT2D eigenvalue weighted by Gasteiger charge is -2.15. The zero-order valence-electron chi connectivity index (χ0n) is 34.9. The minimum Gasteiger partial charge on any atom is -0.115 e. The summed E-state index contributed by atoms with van der Waals surface area (Å²) in [7, 11) is 0. The first-order valence-electron chi connectivity index (χ1n) is 21.2. The van der Waals surface area contributed by atoms with E-state index < -0.39 is 0 Å². The van der Waals surface area contributed by atoms with Crippen molar-refractivity contribution in [3.8, 4) is 90.2 Å². The molecule has 0 radical (unpaired) electrons. The van der Waals surface area contributed by atoms with Crippen LogP contribution in [0.3, 0.4) is 0 Å². The van der Waals surface area contributed by atoms with E-state index in [1.54, 1.807) is 6.08 Å². The lowest BCUT2D eigenvalue weighted by atomic mass is 9.89. The number of hydrogen-bond donors (Lipinski definition) is 0. The average molecular weight is 791 g/mol. The molecule has 294 valence electrons. The third-order valence-corrected chi connectivity index (χ3v) is 11.5. The Morgan fingerprint density at radius 3 is 1.03 bits per heavy atom. The molecule has 0 spiro atoms. The monoisotopic (exact) mass is 790 g/mol. The van der Waals surface area contributed by atoms with E-state index >= 15 is 0 Å². The second-order valence-electron chi connectivity index (χ2n) is 15.8. The van der Waals surface area contributed by atoms with Gasteiger partial charge in [-0.25, -0.2) is 0 Å². The number of terminal acetylenes is 1. The standard InChI is InChI=1S/C62H46/c1-3-4-8-19-45(2)51-26-15-30-55(39-51)59-35-46(36-60(43-59)56-31-16-27-52(40-56)48-20-9-5-10-21-48)34-47-37-61(57-32-17-28-53(41-57)49-22-11-6-12-23-49)44-62(38-47)58-33-18-29-54(42-58)50-24-13-7-14-25-50/h1,4-33,35-44H,34H2,2H3. The predicted octanol–water partition coefficient (Wildman–Crippen LogP) is 16.5. The summed E-state index contributed by atoms with van der Waals surface area (Å²) in [6, 6.07) is 81.7. The topological polar surface area (TPSA) is 0 Å². The second-order valence-corrected chi connectivity index (χ2v) is 15.8. The van der Waals surface area contributed by atoms with Crippen LogP contribution in [0.2, 0.25) is 0 Å². The van der Waals surface area contributed by atoms with Crippen molar-refractivity contribution in [3.63, 3.8) is 0 Å². The second kappa shape index (κ2) is 18.5. The van der Waals surface area contributed by atoms with Crippen LogP contribution in [0.1, 0.15) is 23.6 Å². The van der Waals surface area contributed by atoms with E-state index in [0.29, 0.717) is 0 Å². The van der Waals surface area contributed by atoms with Crippen molar-refractivity contribution < 1.29 is 0 Å². The van der Waals surface area contributed by atoms with E-state index in [2.05, 4.69) is 243 Å². The molecule has 0 saturated heterocycles. The first-order valence-corrected chi connectivity index (χ1v) is 21.2. The molecule has 9 aromatic rings. The van der Waals surface area contributed by atoms with Gasteiger partial charge >= 0.3 is 0 Å². The molecule has 0 heterocycles. The fourth-order valence-electron chi connectivity index (χ4n) is 8.31. The summed E-state index contributed by atoms with van der Waals surface area (Å²) >= 11 is 0. The van der Waals surface area contributed by atoms with Crippen molar-refractivity contribution >= 4 is 5.57 Å². The Kier molecular flexibility index (Phi) is 11.8. The van der Waals surface area contributed by atoms with Crippen molar-refractivity contribution in [1.29, 1.82) is 0 Å². The molecule has 9 rings (SSSR count). The van der Waals surface area contributed by atoms with Gasteiger partial charge < -0.3 is 0 Å². The highest BCUT2D eigenvalue weighted by atomic mass is 14.2. The van der Waals surface area contributed by atoms with E-state index in [1.165, 1.54) is 89.0 Å². The van der Waals surface area contributed by atoms with Gasteiger partial charge in [0.25, 0.3) is 0 Å². The number of hydrogen-bond acceptors (Lipinski definition) is 0. The van der Waals surface area contributed by atoms with Crippen LogP contribution in [-0.2, 0) is 6.42 Å². The van der Waals surface area contributed by atoms with Gasteiger partial charge in [-0.15, -0.1) is 6.42 Å². The summed E-state index contributed by atoms with van der Waals surface area (Å²) in [5, 5.41) is 0. The summed E-state index contributed by atoms with van der Waals surface area (Å²) in [6.45, 7) is 2.13. The van der Waals surface area contributed by atoms with Crippen LogP contribution in [0.25, 0.3) is 83.5 Å². The van der Waals surface area contributed by atoms with Crippen LogP contribution in [0, 0.1) is 12.3 Å². The fraction of sp³-hybridized carbons (Fsp3) is 0.0323. The number of benzene rings is 9. The molecule has 0 heteroatoms. The molecule has 0 amide bonds. The summed E-state index contributed by atoms with van der Waals surface area (Å²) in [4.78, 5) is 0. The third-order valence-electron chi connectivity index (χ3n) is 11.5. The van der Waals surface area contributed by atoms with Gasteiger partial charge in [0.1, 0.15) is 0 Å². The fourth-order valence-corrected chi connectivity index (χ4v) is 8.31. The van der Waals surface area contributed by atoms with E-state index in [9.17, 15) is 0 Å². The van der Waals surface area contributed by atoms with Crippen LogP contribution in [0.15, 0.2) is 243 Å². The molecular formula is C62H46. The van der Waals surface area contributed by atoms with E-state index in [-0.39, 0.29) is 0 Å². The quantitative estimate of drug-likeness (QED) is 0.0904. The Bertz CT molecular complexity index is 2980. The Morgan fingerprint density at radius 2 is 0.661 bits per heavy atom. The zero-order valence-corrected chi connectivity index (χ0v) is 34.9. The molecule has 9 aromatic carbocycles. The van der Waals surface area contributed by atoms with Crippen LogP contribution < -0.4 is 0 Å². The first kappa shape index (κ1) is 39.5. The van der Waals surface area contributed by atoms with Gasteiger partial charge in [-0.1, -0.05) is 206 Å². The van der Waals surface area contributed by atoms with E-state index in [1.807, 2.05) is 6.08 Å². The van der Waals surface area contributed by atoms with Crippen molar-refractivity contribution in [2.24, 2.45) is 0 Å². The maximum atomic E-state index is 5.49. The van der Waals surface area contributed by atoms with Crippen LogP contribution in [-0.4, -0.2) is 0 Å². The normalized spacial score (nSPS) is 11.4. The van der Waals surface area contributed by atoms with Gasteiger partial charge in [-0.3, -0.25) is 0 Å². The van der Waals surface area contributed by atoms with E-state index in [4.69, 9.17) is 6.42 Å². The maximum Gasteiger partial charge on any atom is -0.00249 e. The predicted molar refractivity (Wildman–Crippen MR) is 265 cm³/mol. The van der Waals surface area contributed by atoms with Gasteiger partial charge in [0, 0.05) is 0 Å². The summed E-state index contributed by atoms with van der Waals surface area (Å²) in [5.74, 6) is 2.59. The minimum absolute atomic E-state index is 0.756. The molecule has 0 atom stereocenters. The number of allylic oxidation sites excluding steroid dienone is 4. The third kappa shape index (κ3) is 9.25. The van der Waals surface area contributed by atoms with Gasteiger partial charge in [-0.2, -0.15) is 0 Å². The van der Waals surface area contributed by atoms with E-state index in [0.717, 1.165) is 17.6 Å². The first-order chi connectivity index (χ1) is 30.6. The van der Waals surface area contributed by atoms with Gasteiger partial charge in [0.05, 0.1) is 0 Å². The molecule has 0 aliphatic rings. The van der Waals surface area contributed by atoms with Gasteiger partial charge in [-0.05, 0) is 156 Å². The molecule has 0 nitrogen and oxygen atoms in total. The molecule has 0 saturated carbocycles. The summed E-state index contributed by atoms with van der Waals surface area (Å²) < 4.78 is 0. The Balaban J connectivity index is 1.18. The molecule has 0 fully saturated rings. The highest BCUT2D eigenvalue weighted by Gasteiger charge is 2.13. The molecular weight excluding hydrogens is 745 g/mol. The summed E-state index contributed by atoms with van der Waals surface area (Å²) in [6.07, 6.45) is 12.0. The van der Waals surface area contributed by atoms with Crippen LogP contribution in [0.4, 0.5) is 0 Å². The van der Waals surface area contributed by atoms with Crippen LogP contribution in [0.5, 0.6) is 0 Å². The van der Waals surface area contributed by atoms with Crippen LogP contribution >= 0.6 is 0 Å². The molecule has 0 aromatic heterocycles. The maximum absolute atomic E-state index is 5.49. The van der Waals surface area contributed by atoms with Crippen molar-refractivity contribution in [2.45, 2.75) is 13.3 Å². The smallest absolute Gasteiger partial charge is 0.00249 e. The zero-order chi connectivity index (χ0) is 42.1. The Labute approximate surface area is 366 Å². The molecule has 0 N–H and O–H groups in total. The SMILES string of the molecule is C#CC=CC=C(C)c1cccc(-c2cc(Cc3cc(-c4cccc(-c5ccccc5)c4)cc(-c4cccc(-c5ccccc5)c4)c3)cc(-c3cccc(-c4ccccc4)c3)c2)c1. The van der Waals surface area contributed by atoms with Crippen molar-refractivity contribution in [2.75, 3.05) is 0 Å². The molecule has 0 unspecified atom stereocenters.